The van der Waals surface area contributed by atoms with Crippen LogP contribution in [-0.2, 0) is 0 Å². The highest BCUT2D eigenvalue weighted by atomic mass is 79.9. The van der Waals surface area contributed by atoms with Gasteiger partial charge in [0.2, 0.25) is 0 Å². The Morgan fingerprint density at radius 3 is 2.89 bits per heavy atom. The van der Waals surface area contributed by atoms with Crippen LogP contribution in [0.5, 0.6) is 5.75 Å². The van der Waals surface area contributed by atoms with Gasteiger partial charge in [0.15, 0.2) is 0 Å². The quantitative estimate of drug-likeness (QED) is 0.767. The number of rotatable bonds is 2. The number of carbonyl (C=O) groups excluding carboxylic acids is 1. The topological polar surface area (TPSA) is 29.5 Å². The minimum atomic E-state index is 0.0289. The molecule has 0 spiro atoms. The first-order valence-corrected chi connectivity index (χ1v) is 7.52. The molecule has 19 heavy (non-hydrogen) atoms. The van der Waals surface area contributed by atoms with Crippen LogP contribution in [0, 0.1) is 5.92 Å². The second-order valence-electron chi connectivity index (χ2n) is 4.88. The lowest BCUT2D eigenvalue weighted by Crippen LogP contribution is -2.43. The van der Waals surface area contributed by atoms with E-state index in [-0.39, 0.29) is 11.3 Å². The first kappa shape index (κ1) is 14.7. The van der Waals surface area contributed by atoms with Gasteiger partial charge in [-0.2, -0.15) is 0 Å². The summed E-state index contributed by atoms with van der Waals surface area (Å²) in [7, 11) is 1.60. The monoisotopic (exact) mass is 345 g/mol. The smallest absolute Gasteiger partial charge is 0.255 e. The van der Waals surface area contributed by atoms with Crippen molar-refractivity contribution in [3.8, 4) is 5.75 Å². The highest BCUT2D eigenvalue weighted by Crippen LogP contribution is 2.27. The highest BCUT2D eigenvalue weighted by molar-refractivity contribution is 9.10. The molecule has 0 N–H and O–H groups in total. The Hall–Kier alpha value is -0.740. The van der Waals surface area contributed by atoms with Gasteiger partial charge in [-0.15, -0.1) is 11.6 Å². The zero-order valence-corrected chi connectivity index (χ0v) is 13.4. The molecule has 3 nitrogen and oxygen atoms in total. The van der Waals surface area contributed by atoms with E-state index in [1.54, 1.807) is 13.2 Å². The first-order valence-electron chi connectivity index (χ1n) is 6.29. The summed E-state index contributed by atoms with van der Waals surface area (Å²) >= 11 is 9.62. The molecule has 0 aliphatic carbocycles. The molecule has 0 aromatic heterocycles. The minimum Gasteiger partial charge on any atom is -0.497 e. The van der Waals surface area contributed by atoms with E-state index in [2.05, 4.69) is 22.9 Å². The maximum Gasteiger partial charge on any atom is 0.255 e. The Morgan fingerprint density at radius 1 is 1.53 bits per heavy atom. The van der Waals surface area contributed by atoms with Crippen LogP contribution in [0.3, 0.4) is 0 Å². The Balaban J connectivity index is 2.20. The largest absolute Gasteiger partial charge is 0.497 e. The van der Waals surface area contributed by atoms with E-state index in [9.17, 15) is 4.79 Å². The van der Waals surface area contributed by atoms with Crippen LogP contribution in [0.15, 0.2) is 22.7 Å². The number of hydrogen-bond acceptors (Lipinski definition) is 2. The number of alkyl halides is 1. The third-order valence-electron chi connectivity index (χ3n) is 3.49. The number of nitrogens with zero attached hydrogens (tertiary/aromatic N) is 1. The van der Waals surface area contributed by atoms with Crippen LogP contribution in [0.4, 0.5) is 0 Å². The maximum absolute atomic E-state index is 12.5. The Kier molecular flexibility index (Phi) is 4.74. The van der Waals surface area contributed by atoms with E-state index < -0.39 is 0 Å². The van der Waals surface area contributed by atoms with Crippen molar-refractivity contribution in [1.82, 2.24) is 4.90 Å². The lowest BCUT2D eigenvalue weighted by molar-refractivity contribution is 0.0685. The molecule has 2 unspecified atom stereocenters. The van der Waals surface area contributed by atoms with Gasteiger partial charge < -0.3 is 9.64 Å². The normalized spacial score (nSPS) is 23.3. The number of halogens is 2. The average Bonchev–Trinajstić information content (AvgIpc) is 2.41. The molecule has 1 aliphatic heterocycles. The number of benzene rings is 1. The zero-order chi connectivity index (χ0) is 14.0. The molecule has 5 heteroatoms. The molecule has 2 rings (SSSR count). The van der Waals surface area contributed by atoms with Crippen LogP contribution in [0.2, 0.25) is 0 Å². The van der Waals surface area contributed by atoms with E-state index in [1.807, 2.05) is 17.0 Å². The molecule has 1 fully saturated rings. The lowest BCUT2D eigenvalue weighted by atomic mass is 9.99. The Bertz CT molecular complexity index is 481. The molecule has 0 bridgehead atoms. The Labute approximate surface area is 127 Å². The minimum absolute atomic E-state index is 0.0289. The van der Waals surface area contributed by atoms with Crippen molar-refractivity contribution in [3.05, 3.63) is 28.2 Å². The number of carbonyl (C=O) groups is 1. The number of methoxy groups -OCH3 is 1. The van der Waals surface area contributed by atoms with Gasteiger partial charge in [0, 0.05) is 22.9 Å². The van der Waals surface area contributed by atoms with Crippen LogP contribution in [-0.4, -0.2) is 36.4 Å². The summed E-state index contributed by atoms with van der Waals surface area (Å²) in [6.45, 7) is 3.50. The predicted octanol–water partition coefficient (Wildman–Crippen LogP) is 3.55. The first-order chi connectivity index (χ1) is 9.02. The molecule has 1 aliphatic rings. The number of amides is 1. The molecular weight excluding hydrogens is 330 g/mol. The van der Waals surface area contributed by atoms with Crippen molar-refractivity contribution in [1.29, 1.82) is 0 Å². The van der Waals surface area contributed by atoms with E-state index in [4.69, 9.17) is 16.3 Å². The van der Waals surface area contributed by atoms with E-state index in [1.165, 1.54) is 0 Å². The zero-order valence-electron chi connectivity index (χ0n) is 11.0. The Morgan fingerprint density at radius 2 is 2.26 bits per heavy atom. The van der Waals surface area contributed by atoms with Crippen LogP contribution in [0.25, 0.3) is 0 Å². The standard InChI is InChI=1S/C14H17BrClNO2/c1-9-8-17(6-5-13(9)16)14(18)11-7-10(19-2)3-4-12(11)15/h3-4,7,9,13H,5-6,8H2,1-2H3. The molecular formula is C14H17BrClNO2. The van der Waals surface area contributed by atoms with Crippen molar-refractivity contribution in [2.24, 2.45) is 5.92 Å². The van der Waals surface area contributed by atoms with Gasteiger partial charge in [0.1, 0.15) is 5.75 Å². The molecule has 2 atom stereocenters. The molecule has 104 valence electrons. The van der Waals surface area contributed by atoms with Gasteiger partial charge >= 0.3 is 0 Å². The molecule has 0 saturated carbocycles. The second kappa shape index (κ2) is 6.14. The fraction of sp³-hybridized carbons (Fsp3) is 0.500. The molecule has 1 amide bonds. The van der Waals surface area contributed by atoms with Gasteiger partial charge in [0.25, 0.3) is 5.91 Å². The SMILES string of the molecule is COc1ccc(Br)c(C(=O)N2CCC(Cl)C(C)C2)c1. The second-order valence-corrected chi connectivity index (χ2v) is 6.29. The summed E-state index contributed by atoms with van der Waals surface area (Å²) in [5.74, 6) is 1.04. The summed E-state index contributed by atoms with van der Waals surface area (Å²) in [5, 5.41) is 0.165. The molecule has 1 aromatic rings. The van der Waals surface area contributed by atoms with E-state index in [0.29, 0.717) is 30.3 Å². The predicted molar refractivity (Wildman–Crippen MR) is 80.0 cm³/mol. The van der Waals surface area contributed by atoms with Crippen molar-refractivity contribution in [2.75, 3.05) is 20.2 Å². The fourth-order valence-electron chi connectivity index (χ4n) is 2.27. The summed E-state index contributed by atoms with van der Waals surface area (Å²) in [6.07, 6.45) is 0.843. The molecule has 1 aromatic carbocycles. The fourth-order valence-corrected chi connectivity index (χ4v) is 2.86. The van der Waals surface area contributed by atoms with E-state index >= 15 is 0 Å². The van der Waals surface area contributed by atoms with Crippen LogP contribution < -0.4 is 4.74 Å². The van der Waals surface area contributed by atoms with Crippen molar-refractivity contribution >= 4 is 33.4 Å². The van der Waals surface area contributed by atoms with Gasteiger partial charge in [-0.25, -0.2) is 0 Å². The van der Waals surface area contributed by atoms with E-state index in [0.717, 1.165) is 10.9 Å². The number of ether oxygens (including phenoxy) is 1. The summed E-state index contributed by atoms with van der Waals surface area (Å²) in [5.41, 5.74) is 0.638. The van der Waals surface area contributed by atoms with Crippen molar-refractivity contribution in [3.63, 3.8) is 0 Å². The summed E-state index contributed by atoms with van der Waals surface area (Å²) < 4.78 is 5.96. The summed E-state index contributed by atoms with van der Waals surface area (Å²) in [6, 6.07) is 5.43. The number of piperidine rings is 1. The molecule has 1 heterocycles. The average molecular weight is 347 g/mol. The number of likely N-dealkylation sites (tertiary alicyclic amines) is 1. The molecule has 1 saturated heterocycles. The highest BCUT2D eigenvalue weighted by Gasteiger charge is 2.28. The van der Waals surface area contributed by atoms with Crippen LogP contribution >= 0.6 is 27.5 Å². The van der Waals surface area contributed by atoms with Gasteiger partial charge in [-0.3, -0.25) is 4.79 Å². The lowest BCUT2D eigenvalue weighted by Gasteiger charge is -2.34. The van der Waals surface area contributed by atoms with Gasteiger partial charge in [-0.1, -0.05) is 6.92 Å². The third kappa shape index (κ3) is 3.23. The summed E-state index contributed by atoms with van der Waals surface area (Å²) in [4.78, 5) is 14.4. The maximum atomic E-state index is 12.5. The van der Waals surface area contributed by atoms with Crippen LogP contribution in [0.1, 0.15) is 23.7 Å². The van der Waals surface area contributed by atoms with Crippen molar-refractivity contribution in [2.45, 2.75) is 18.7 Å². The number of hydrogen-bond donors (Lipinski definition) is 0. The third-order valence-corrected chi connectivity index (χ3v) is 4.83. The van der Waals surface area contributed by atoms with Gasteiger partial charge in [-0.05, 0) is 46.5 Å². The molecule has 0 radical (unpaired) electrons. The van der Waals surface area contributed by atoms with Crippen molar-refractivity contribution < 1.29 is 9.53 Å². The van der Waals surface area contributed by atoms with Gasteiger partial charge in [0.05, 0.1) is 12.7 Å².